The molecule has 1 saturated heterocycles. The van der Waals surface area contributed by atoms with Crippen LogP contribution >= 0.6 is 0 Å². The molecule has 0 aliphatic carbocycles. The second-order valence-corrected chi connectivity index (χ2v) is 9.65. The van der Waals surface area contributed by atoms with E-state index in [1.165, 1.54) is 27.3 Å². The summed E-state index contributed by atoms with van der Waals surface area (Å²) in [6.45, 7) is 0.314. The lowest BCUT2D eigenvalue weighted by Crippen LogP contribution is -2.43. The monoisotopic (exact) mass is 378 g/mol. The molecule has 1 aliphatic rings. The van der Waals surface area contributed by atoms with Gasteiger partial charge in [-0.3, -0.25) is 0 Å². The third kappa shape index (κ3) is 4.25. The normalized spacial score (nSPS) is 22.0. The van der Waals surface area contributed by atoms with Crippen molar-refractivity contribution in [2.24, 2.45) is 5.92 Å². The molecule has 2 atom stereocenters. The number of sulfonamides is 2. The third-order valence-electron chi connectivity index (χ3n) is 3.84. The van der Waals surface area contributed by atoms with Crippen LogP contribution in [0.15, 0.2) is 29.2 Å². The van der Waals surface area contributed by atoms with Crippen LogP contribution in [0, 0.1) is 5.92 Å². The summed E-state index contributed by atoms with van der Waals surface area (Å²) in [6.07, 6.45) is 0. The number of nitrogens with zero attached hydrogens (tertiary/aromatic N) is 1. The van der Waals surface area contributed by atoms with Gasteiger partial charge in [0.2, 0.25) is 20.0 Å². The molecule has 10 heteroatoms. The topological polar surface area (TPSA) is 102 Å². The van der Waals surface area contributed by atoms with Crippen molar-refractivity contribution in [2.45, 2.75) is 10.9 Å². The fourth-order valence-corrected chi connectivity index (χ4v) is 5.04. The number of benzene rings is 1. The summed E-state index contributed by atoms with van der Waals surface area (Å²) in [6, 6.07) is 5.63. The van der Waals surface area contributed by atoms with Gasteiger partial charge in [-0.25, -0.2) is 25.9 Å². The molecule has 1 fully saturated rings. The van der Waals surface area contributed by atoms with Crippen LogP contribution in [0.3, 0.4) is 0 Å². The molecule has 24 heavy (non-hydrogen) atoms. The molecule has 1 aromatic rings. The van der Waals surface area contributed by atoms with E-state index in [2.05, 4.69) is 4.72 Å². The average Bonchev–Trinajstić information content (AvgIpc) is 2.92. The molecule has 0 amide bonds. The van der Waals surface area contributed by atoms with E-state index < -0.39 is 32.0 Å². The zero-order valence-corrected chi connectivity index (χ0v) is 15.4. The van der Waals surface area contributed by atoms with Crippen LogP contribution in [0.5, 0.6) is 5.75 Å². The second-order valence-electron chi connectivity index (χ2n) is 5.74. The first-order valence-electron chi connectivity index (χ1n) is 7.30. The molecule has 0 bridgehead atoms. The van der Waals surface area contributed by atoms with Crippen molar-refractivity contribution < 1.29 is 26.3 Å². The lowest BCUT2D eigenvalue weighted by molar-refractivity contribution is 0.185. The summed E-state index contributed by atoms with van der Waals surface area (Å²) in [5.41, 5.74) is 0. The van der Waals surface area contributed by atoms with Crippen LogP contribution in [0.25, 0.3) is 0 Å². The number of hydrogen-bond acceptors (Lipinski definition) is 6. The molecule has 0 spiro atoms. The van der Waals surface area contributed by atoms with Crippen molar-refractivity contribution in [2.75, 3.05) is 40.2 Å². The zero-order chi connectivity index (χ0) is 18.0. The SMILES string of the molecule is COc1ccccc1S(=O)(=O)N[C@@H]1COC[C@H]1CS(=O)(=O)N(C)C. The van der Waals surface area contributed by atoms with Gasteiger partial charge in [0, 0.05) is 20.0 Å². The van der Waals surface area contributed by atoms with E-state index in [0.717, 1.165) is 4.31 Å². The standard InChI is InChI=1S/C14H22N2O6S2/c1-16(2)23(17,18)10-11-8-22-9-12(11)15-24(19,20)14-7-5-4-6-13(14)21-3/h4-7,11-12,15H,8-10H2,1-3H3/t11-,12+/m0/s1. The predicted octanol–water partition coefficient (Wildman–Crippen LogP) is -0.120. The molecule has 1 aromatic carbocycles. The fourth-order valence-electron chi connectivity index (χ4n) is 2.42. The Bertz CT molecular complexity index is 776. The minimum Gasteiger partial charge on any atom is -0.495 e. The highest BCUT2D eigenvalue weighted by atomic mass is 32.2. The summed E-state index contributed by atoms with van der Waals surface area (Å²) in [5.74, 6) is -0.415. The Morgan fingerprint density at radius 1 is 1.21 bits per heavy atom. The molecule has 1 aliphatic heterocycles. The van der Waals surface area contributed by atoms with Crippen LogP contribution in [0.4, 0.5) is 0 Å². The Labute approximate surface area is 142 Å². The first kappa shape index (κ1) is 19.1. The molecule has 0 radical (unpaired) electrons. The Morgan fingerprint density at radius 2 is 1.88 bits per heavy atom. The molecule has 136 valence electrons. The van der Waals surface area contributed by atoms with Gasteiger partial charge in [-0.15, -0.1) is 0 Å². The van der Waals surface area contributed by atoms with E-state index in [-0.39, 0.29) is 29.6 Å². The molecule has 0 saturated carbocycles. The predicted molar refractivity (Wildman–Crippen MR) is 88.9 cm³/mol. The van der Waals surface area contributed by atoms with Crippen molar-refractivity contribution >= 4 is 20.0 Å². The smallest absolute Gasteiger partial charge is 0.244 e. The Morgan fingerprint density at radius 3 is 2.50 bits per heavy atom. The molecule has 1 heterocycles. The number of nitrogens with one attached hydrogen (secondary N) is 1. The first-order chi connectivity index (χ1) is 11.2. The van der Waals surface area contributed by atoms with E-state index >= 15 is 0 Å². The van der Waals surface area contributed by atoms with E-state index in [0.29, 0.717) is 0 Å². The van der Waals surface area contributed by atoms with Crippen LogP contribution < -0.4 is 9.46 Å². The second kappa shape index (κ2) is 7.36. The van der Waals surface area contributed by atoms with Crippen molar-refractivity contribution in [3.8, 4) is 5.75 Å². The van der Waals surface area contributed by atoms with Crippen molar-refractivity contribution in [3.05, 3.63) is 24.3 Å². The highest BCUT2D eigenvalue weighted by Crippen LogP contribution is 2.25. The van der Waals surface area contributed by atoms with Crippen molar-refractivity contribution in [1.29, 1.82) is 0 Å². The molecule has 1 N–H and O–H groups in total. The van der Waals surface area contributed by atoms with Crippen LogP contribution in [-0.2, 0) is 24.8 Å². The number of para-hydroxylation sites is 1. The zero-order valence-electron chi connectivity index (χ0n) is 13.8. The third-order valence-corrected chi connectivity index (χ3v) is 7.34. The van der Waals surface area contributed by atoms with Gasteiger partial charge in [0.1, 0.15) is 10.6 Å². The summed E-state index contributed by atoms with van der Waals surface area (Å²) in [7, 11) is -3.04. The van der Waals surface area contributed by atoms with Gasteiger partial charge in [-0.2, -0.15) is 0 Å². The van der Waals surface area contributed by atoms with Crippen LogP contribution in [0.2, 0.25) is 0 Å². The first-order valence-corrected chi connectivity index (χ1v) is 10.4. The largest absolute Gasteiger partial charge is 0.495 e. The number of rotatable bonds is 7. The quantitative estimate of drug-likeness (QED) is 0.710. The molecular formula is C14H22N2O6S2. The van der Waals surface area contributed by atoms with Gasteiger partial charge in [-0.05, 0) is 12.1 Å². The van der Waals surface area contributed by atoms with Crippen molar-refractivity contribution in [1.82, 2.24) is 9.03 Å². The summed E-state index contributed by atoms with van der Waals surface area (Å²) in [4.78, 5) is 0.00798. The van der Waals surface area contributed by atoms with Crippen molar-refractivity contribution in [3.63, 3.8) is 0 Å². The maximum absolute atomic E-state index is 12.6. The highest BCUT2D eigenvalue weighted by Gasteiger charge is 2.36. The summed E-state index contributed by atoms with van der Waals surface area (Å²) >= 11 is 0. The van der Waals surface area contributed by atoms with E-state index in [1.54, 1.807) is 18.2 Å². The van der Waals surface area contributed by atoms with Crippen LogP contribution in [0.1, 0.15) is 0 Å². The lowest BCUT2D eigenvalue weighted by atomic mass is 10.1. The maximum Gasteiger partial charge on any atom is 0.244 e. The Kier molecular flexibility index (Phi) is 5.87. The number of ether oxygens (including phenoxy) is 2. The minimum absolute atomic E-state index is 0.00798. The summed E-state index contributed by atoms with van der Waals surface area (Å²) < 4.78 is 63.3. The minimum atomic E-state index is -3.86. The molecule has 0 aromatic heterocycles. The highest BCUT2D eigenvalue weighted by molar-refractivity contribution is 7.89. The molecular weight excluding hydrogens is 356 g/mol. The molecule has 8 nitrogen and oxygen atoms in total. The van der Waals surface area contributed by atoms with E-state index in [4.69, 9.17) is 9.47 Å². The molecule has 2 rings (SSSR count). The number of hydrogen-bond donors (Lipinski definition) is 1. The van der Waals surface area contributed by atoms with Gasteiger partial charge >= 0.3 is 0 Å². The maximum atomic E-state index is 12.6. The Balaban J connectivity index is 2.19. The number of methoxy groups -OCH3 is 1. The van der Waals surface area contributed by atoms with Crippen LogP contribution in [-0.4, -0.2) is 67.4 Å². The van der Waals surface area contributed by atoms with Gasteiger partial charge in [0.25, 0.3) is 0 Å². The molecule has 0 unspecified atom stereocenters. The van der Waals surface area contributed by atoms with Gasteiger partial charge in [0.15, 0.2) is 0 Å². The van der Waals surface area contributed by atoms with E-state index in [1.807, 2.05) is 0 Å². The van der Waals surface area contributed by atoms with Gasteiger partial charge < -0.3 is 9.47 Å². The fraction of sp³-hybridized carbons (Fsp3) is 0.571. The van der Waals surface area contributed by atoms with Gasteiger partial charge in [-0.1, -0.05) is 12.1 Å². The Hall–Kier alpha value is -1.20. The van der Waals surface area contributed by atoms with E-state index in [9.17, 15) is 16.8 Å². The summed E-state index contributed by atoms with van der Waals surface area (Å²) in [5, 5.41) is 0. The van der Waals surface area contributed by atoms with Gasteiger partial charge in [0.05, 0.1) is 32.1 Å². The lowest BCUT2D eigenvalue weighted by Gasteiger charge is -2.21. The average molecular weight is 378 g/mol.